The molecule has 2 bridgehead atoms. The van der Waals surface area contributed by atoms with Crippen LogP contribution in [0.15, 0.2) is 24.3 Å². The van der Waals surface area contributed by atoms with Crippen molar-refractivity contribution in [2.24, 2.45) is 17.3 Å². The Labute approximate surface area is 126 Å². The molecule has 2 nitrogen and oxygen atoms in total. The molecule has 1 spiro atoms. The van der Waals surface area contributed by atoms with E-state index in [4.69, 9.17) is 4.74 Å². The number of phenolic OH excluding ortho intramolecular Hbond substituents is 1. The maximum atomic E-state index is 10.8. The molecule has 0 heterocycles. The molecule has 0 saturated heterocycles. The molecular weight excluding hydrogens is 260 g/mol. The molecule has 112 valence electrons. The second kappa shape index (κ2) is 4.06. The number of aromatic hydroxyl groups is 1. The molecule has 4 unspecified atom stereocenters. The van der Waals surface area contributed by atoms with Crippen molar-refractivity contribution in [2.45, 2.75) is 44.9 Å². The molecule has 4 atom stereocenters. The van der Waals surface area contributed by atoms with E-state index in [1.165, 1.54) is 17.5 Å². The van der Waals surface area contributed by atoms with Crippen molar-refractivity contribution in [1.82, 2.24) is 0 Å². The number of fused-ring (bicyclic) bond motifs is 3. The van der Waals surface area contributed by atoms with Gasteiger partial charge in [0.2, 0.25) is 0 Å². The second-order valence-electron chi connectivity index (χ2n) is 7.59. The number of allylic oxidation sites excluding steroid dienone is 2. The topological polar surface area (TPSA) is 29.5 Å². The zero-order valence-corrected chi connectivity index (χ0v) is 13.1. The highest BCUT2D eigenvalue weighted by atomic mass is 16.5. The second-order valence-corrected chi connectivity index (χ2v) is 7.59. The standard InChI is InChI=1S/C19H24O2/c1-12-10-13-6-7-14(21-3)16(20)15(13)19-9-5-4-8-18(2,11-19)17(12)19/h4,6-8,12,17,20H,5,9-11H2,1-3H3. The van der Waals surface area contributed by atoms with Gasteiger partial charge in [-0.15, -0.1) is 0 Å². The molecule has 0 radical (unpaired) electrons. The summed E-state index contributed by atoms with van der Waals surface area (Å²) in [5, 5.41) is 10.8. The van der Waals surface area contributed by atoms with E-state index in [0.717, 1.165) is 19.3 Å². The zero-order valence-electron chi connectivity index (χ0n) is 13.1. The maximum absolute atomic E-state index is 10.8. The fourth-order valence-corrected chi connectivity index (χ4v) is 6.03. The smallest absolute Gasteiger partial charge is 0.161 e. The van der Waals surface area contributed by atoms with Gasteiger partial charge in [-0.2, -0.15) is 0 Å². The lowest BCUT2D eigenvalue weighted by Gasteiger charge is -2.65. The van der Waals surface area contributed by atoms with Crippen LogP contribution in [0.1, 0.15) is 44.2 Å². The van der Waals surface area contributed by atoms with Gasteiger partial charge in [-0.25, -0.2) is 0 Å². The Morgan fingerprint density at radius 3 is 2.90 bits per heavy atom. The Kier molecular flexibility index (Phi) is 2.56. The van der Waals surface area contributed by atoms with E-state index in [2.05, 4.69) is 32.1 Å². The summed E-state index contributed by atoms with van der Waals surface area (Å²) in [6.45, 7) is 4.79. The fourth-order valence-electron chi connectivity index (χ4n) is 6.03. The van der Waals surface area contributed by atoms with Gasteiger partial charge in [-0.3, -0.25) is 0 Å². The number of methoxy groups -OCH3 is 1. The van der Waals surface area contributed by atoms with Crippen LogP contribution in [0.2, 0.25) is 0 Å². The Bertz CT molecular complexity index is 633. The molecular formula is C19H24O2. The molecule has 0 aromatic heterocycles. The summed E-state index contributed by atoms with van der Waals surface area (Å²) in [5.41, 5.74) is 3.00. The summed E-state index contributed by atoms with van der Waals surface area (Å²) in [7, 11) is 1.64. The molecule has 1 aromatic carbocycles. The minimum atomic E-state index is 0.157. The van der Waals surface area contributed by atoms with Crippen LogP contribution in [-0.4, -0.2) is 12.2 Å². The van der Waals surface area contributed by atoms with E-state index in [1.54, 1.807) is 7.11 Å². The van der Waals surface area contributed by atoms with Crippen LogP contribution >= 0.6 is 0 Å². The van der Waals surface area contributed by atoms with Crippen molar-refractivity contribution in [3.05, 3.63) is 35.4 Å². The van der Waals surface area contributed by atoms with Gasteiger partial charge in [-0.05, 0) is 54.6 Å². The largest absolute Gasteiger partial charge is 0.504 e. The van der Waals surface area contributed by atoms with Crippen molar-refractivity contribution in [3.63, 3.8) is 0 Å². The van der Waals surface area contributed by atoms with Gasteiger partial charge in [0, 0.05) is 11.0 Å². The Morgan fingerprint density at radius 2 is 2.14 bits per heavy atom. The number of benzene rings is 1. The number of phenols is 1. The molecule has 1 N–H and O–H groups in total. The van der Waals surface area contributed by atoms with Crippen LogP contribution in [0.25, 0.3) is 0 Å². The lowest BCUT2D eigenvalue weighted by molar-refractivity contribution is -0.0684. The van der Waals surface area contributed by atoms with Crippen molar-refractivity contribution >= 4 is 0 Å². The molecule has 3 aliphatic rings. The minimum Gasteiger partial charge on any atom is -0.504 e. The van der Waals surface area contributed by atoms with Gasteiger partial charge in [0.05, 0.1) is 7.11 Å². The lowest BCUT2D eigenvalue weighted by Crippen LogP contribution is -2.61. The SMILES string of the molecule is COc1ccc2c(c1O)C13CCC=CC(C)(C1)C3C(C)C2. The fraction of sp³-hybridized carbons (Fsp3) is 0.579. The average Bonchev–Trinajstić information content (AvgIpc) is 2.67. The minimum absolute atomic E-state index is 0.157. The maximum Gasteiger partial charge on any atom is 0.161 e. The van der Waals surface area contributed by atoms with Crippen molar-refractivity contribution in [3.8, 4) is 11.5 Å². The van der Waals surface area contributed by atoms with E-state index < -0.39 is 0 Å². The molecule has 1 fully saturated rings. The first-order valence-corrected chi connectivity index (χ1v) is 8.09. The third-order valence-electron chi connectivity index (χ3n) is 6.31. The molecule has 21 heavy (non-hydrogen) atoms. The van der Waals surface area contributed by atoms with Crippen LogP contribution in [0.3, 0.4) is 0 Å². The number of hydrogen-bond donors (Lipinski definition) is 1. The summed E-state index contributed by atoms with van der Waals surface area (Å²) in [6.07, 6.45) is 9.32. The first kappa shape index (κ1) is 13.2. The van der Waals surface area contributed by atoms with E-state index in [1.807, 2.05) is 6.07 Å². The van der Waals surface area contributed by atoms with Gasteiger partial charge in [0.15, 0.2) is 11.5 Å². The van der Waals surface area contributed by atoms with Crippen LogP contribution in [0.4, 0.5) is 0 Å². The Hall–Kier alpha value is -1.44. The van der Waals surface area contributed by atoms with Crippen molar-refractivity contribution in [2.75, 3.05) is 7.11 Å². The third-order valence-corrected chi connectivity index (χ3v) is 6.31. The van der Waals surface area contributed by atoms with Gasteiger partial charge in [0.25, 0.3) is 0 Å². The molecule has 0 amide bonds. The van der Waals surface area contributed by atoms with Gasteiger partial charge in [-0.1, -0.05) is 32.1 Å². The third kappa shape index (κ3) is 1.48. The highest BCUT2D eigenvalue weighted by Gasteiger charge is 2.65. The van der Waals surface area contributed by atoms with E-state index in [0.29, 0.717) is 28.7 Å². The molecule has 1 aromatic rings. The lowest BCUT2D eigenvalue weighted by atomic mass is 9.38. The number of rotatable bonds is 1. The number of ether oxygens (including phenoxy) is 1. The monoisotopic (exact) mass is 284 g/mol. The van der Waals surface area contributed by atoms with Gasteiger partial charge >= 0.3 is 0 Å². The molecule has 1 saturated carbocycles. The predicted octanol–water partition coefficient (Wildman–Crippen LogP) is 4.21. The van der Waals surface area contributed by atoms with Crippen molar-refractivity contribution < 1.29 is 9.84 Å². The van der Waals surface area contributed by atoms with Gasteiger partial charge in [0.1, 0.15) is 0 Å². The molecule has 0 aliphatic heterocycles. The highest BCUT2D eigenvalue weighted by molar-refractivity contribution is 5.58. The Morgan fingerprint density at radius 1 is 1.33 bits per heavy atom. The van der Waals surface area contributed by atoms with E-state index in [-0.39, 0.29) is 5.41 Å². The predicted molar refractivity (Wildman–Crippen MR) is 83.8 cm³/mol. The molecule has 3 aliphatic carbocycles. The van der Waals surface area contributed by atoms with Crippen molar-refractivity contribution in [1.29, 1.82) is 0 Å². The molecule has 2 heteroatoms. The highest BCUT2D eigenvalue weighted by Crippen LogP contribution is 2.71. The molecule has 4 rings (SSSR count). The Balaban J connectivity index is 1.94. The number of hydrogen-bond acceptors (Lipinski definition) is 2. The van der Waals surface area contributed by atoms with E-state index in [9.17, 15) is 5.11 Å². The van der Waals surface area contributed by atoms with Crippen LogP contribution in [0.5, 0.6) is 11.5 Å². The zero-order chi connectivity index (χ0) is 14.8. The quantitative estimate of drug-likeness (QED) is 0.783. The first-order valence-electron chi connectivity index (χ1n) is 8.09. The summed E-state index contributed by atoms with van der Waals surface area (Å²) in [4.78, 5) is 0. The summed E-state index contributed by atoms with van der Waals surface area (Å²) in [5.74, 6) is 2.35. The summed E-state index contributed by atoms with van der Waals surface area (Å²) < 4.78 is 5.37. The van der Waals surface area contributed by atoms with Gasteiger partial charge < -0.3 is 9.84 Å². The van der Waals surface area contributed by atoms with Crippen LogP contribution in [0, 0.1) is 17.3 Å². The summed E-state index contributed by atoms with van der Waals surface area (Å²) in [6, 6.07) is 4.09. The normalized spacial score (nSPS) is 39.8. The van der Waals surface area contributed by atoms with Crippen LogP contribution in [-0.2, 0) is 11.8 Å². The first-order chi connectivity index (χ1) is 10.0. The average molecular weight is 284 g/mol. The van der Waals surface area contributed by atoms with Crippen LogP contribution < -0.4 is 4.74 Å². The summed E-state index contributed by atoms with van der Waals surface area (Å²) >= 11 is 0. The van der Waals surface area contributed by atoms with E-state index >= 15 is 0 Å².